The smallest absolute Gasteiger partial charge is 0.163 e. The van der Waals surface area contributed by atoms with Crippen LogP contribution in [0.25, 0.3) is 0 Å². The minimum atomic E-state index is -3.08. The molecule has 4 nitrogen and oxygen atoms in total. The average Bonchev–Trinajstić information content (AvgIpc) is 3.00. The van der Waals surface area contributed by atoms with Crippen molar-refractivity contribution in [2.45, 2.75) is 12.2 Å². The molecular weight excluding hydrogens is 510 g/mol. The molecule has 6 heteroatoms. The van der Waals surface area contributed by atoms with Crippen molar-refractivity contribution < 1.29 is 18.6 Å². The Labute approximate surface area is 225 Å². The topological polar surface area (TPSA) is 52.6 Å². The number of rotatable bonds is 11. The number of hydrogen-bond acceptors (Lipinski definition) is 4. The fourth-order valence-electron chi connectivity index (χ4n) is 4.30. The molecule has 0 spiro atoms. The molecule has 0 saturated heterocycles. The van der Waals surface area contributed by atoms with Gasteiger partial charge in [-0.25, -0.2) is 0 Å². The van der Waals surface area contributed by atoms with Gasteiger partial charge in [0.05, 0.1) is 0 Å². The second kappa shape index (κ2) is 13.0. The molecule has 2 atom stereocenters. The summed E-state index contributed by atoms with van der Waals surface area (Å²) in [4.78, 5) is 0. The zero-order valence-corrected chi connectivity index (χ0v) is 23.3. The fraction of sp³-hybridized carbons (Fsp3) is 0.125. The average molecular weight is 543 g/mol. The van der Waals surface area contributed by atoms with Crippen molar-refractivity contribution >= 4 is 35.5 Å². The summed E-state index contributed by atoms with van der Waals surface area (Å²) >= 11 is 0. The maximum Gasteiger partial charge on any atom is 0.163 e. The third-order valence-corrected chi connectivity index (χ3v) is 11.8. The van der Waals surface area contributed by atoms with E-state index >= 15 is 0 Å². The summed E-state index contributed by atoms with van der Waals surface area (Å²) in [6.07, 6.45) is 2.46. The molecular formula is C32H32O4P2. The first kappa shape index (κ1) is 27.8. The van der Waals surface area contributed by atoms with Crippen LogP contribution in [0.15, 0.2) is 145 Å². The van der Waals surface area contributed by atoms with Crippen LogP contribution in [-0.2, 0) is 18.6 Å². The molecule has 0 aliphatic carbocycles. The molecule has 0 N–H and O–H groups in total. The van der Waals surface area contributed by atoms with E-state index in [-0.39, 0.29) is 0 Å². The molecule has 0 radical (unpaired) electrons. The highest BCUT2D eigenvalue weighted by Crippen LogP contribution is 2.46. The molecule has 4 aromatic rings. The zero-order chi connectivity index (χ0) is 26.8. The standard InChI is InChI=1S/C32H32O4P2/c1-35-31(23-25-37(33,27-15-7-3-8-16-27)28-17-9-4-10-18-28)32(36-2)24-26-38(34,29-19-11-5-12-20-29)30-21-13-6-14-22-30/h3-26,31-32H,1-2H3/b25-23+,26-24+/t31-,32-/m0/s1. The van der Waals surface area contributed by atoms with E-state index in [2.05, 4.69) is 0 Å². The van der Waals surface area contributed by atoms with Crippen LogP contribution in [0.5, 0.6) is 0 Å². The van der Waals surface area contributed by atoms with Crippen molar-refractivity contribution in [3.63, 3.8) is 0 Å². The molecule has 0 heterocycles. The lowest BCUT2D eigenvalue weighted by Gasteiger charge is -2.22. The number of benzene rings is 4. The second-order valence-corrected chi connectivity index (χ2v) is 14.0. The van der Waals surface area contributed by atoms with Gasteiger partial charge in [0.25, 0.3) is 0 Å². The lowest BCUT2D eigenvalue weighted by molar-refractivity contribution is 0.0153. The number of methoxy groups -OCH3 is 2. The van der Waals surface area contributed by atoms with Gasteiger partial charge in [-0.3, -0.25) is 0 Å². The molecule has 4 rings (SSSR count). The van der Waals surface area contributed by atoms with Crippen LogP contribution in [0, 0.1) is 0 Å². The maximum absolute atomic E-state index is 14.4. The van der Waals surface area contributed by atoms with Gasteiger partial charge >= 0.3 is 0 Å². The Morgan fingerprint density at radius 1 is 0.474 bits per heavy atom. The highest BCUT2D eigenvalue weighted by molar-refractivity contribution is 7.81. The first-order valence-electron chi connectivity index (χ1n) is 12.4. The largest absolute Gasteiger partial charge is 0.374 e. The molecule has 0 saturated carbocycles. The predicted octanol–water partition coefficient (Wildman–Crippen LogP) is 6.07. The van der Waals surface area contributed by atoms with E-state index in [0.717, 1.165) is 21.2 Å². The van der Waals surface area contributed by atoms with E-state index in [4.69, 9.17) is 9.47 Å². The summed E-state index contributed by atoms with van der Waals surface area (Å²) in [6, 6.07) is 37.8. The third kappa shape index (κ3) is 6.23. The molecule has 0 amide bonds. The number of ether oxygens (including phenoxy) is 2. The molecule has 194 valence electrons. The van der Waals surface area contributed by atoms with Crippen LogP contribution in [0.2, 0.25) is 0 Å². The van der Waals surface area contributed by atoms with Crippen molar-refractivity contribution in [1.29, 1.82) is 0 Å². The fourth-order valence-corrected chi connectivity index (χ4v) is 8.87. The Bertz CT molecular complexity index is 1240. The summed E-state index contributed by atoms with van der Waals surface area (Å²) in [6.45, 7) is 0. The third-order valence-electron chi connectivity index (χ3n) is 6.40. The van der Waals surface area contributed by atoms with Crippen LogP contribution in [0.3, 0.4) is 0 Å². The first-order chi connectivity index (χ1) is 18.5. The quantitative estimate of drug-likeness (QED) is 0.216. The summed E-state index contributed by atoms with van der Waals surface area (Å²) in [5.41, 5.74) is 0. The SMILES string of the molecule is CO[C@@H](/C=C/P(=O)(c1ccccc1)c1ccccc1)[C@H](/C=C/P(=O)(c1ccccc1)c1ccccc1)OC. The van der Waals surface area contributed by atoms with Crippen molar-refractivity contribution in [3.05, 3.63) is 145 Å². The first-order valence-corrected chi connectivity index (χ1v) is 15.9. The van der Waals surface area contributed by atoms with E-state index in [0.29, 0.717) is 0 Å². The Kier molecular flexibility index (Phi) is 9.50. The highest BCUT2D eigenvalue weighted by atomic mass is 31.2. The van der Waals surface area contributed by atoms with Crippen LogP contribution in [0.4, 0.5) is 0 Å². The molecule has 0 bridgehead atoms. The summed E-state index contributed by atoms with van der Waals surface area (Å²) < 4.78 is 40.3. The predicted molar refractivity (Wildman–Crippen MR) is 159 cm³/mol. The molecule has 0 fully saturated rings. The molecule has 0 unspecified atom stereocenters. The van der Waals surface area contributed by atoms with Crippen molar-refractivity contribution in [2.24, 2.45) is 0 Å². The molecule has 4 aromatic carbocycles. The second-order valence-electron chi connectivity index (χ2n) is 8.74. The molecule has 38 heavy (non-hydrogen) atoms. The van der Waals surface area contributed by atoms with Crippen molar-refractivity contribution in [2.75, 3.05) is 14.2 Å². The van der Waals surface area contributed by atoms with Gasteiger partial charge in [0, 0.05) is 35.4 Å². The van der Waals surface area contributed by atoms with Crippen LogP contribution in [-0.4, -0.2) is 26.4 Å². The minimum absolute atomic E-state index is 0.558. The van der Waals surface area contributed by atoms with E-state index in [1.807, 2.05) is 121 Å². The van der Waals surface area contributed by atoms with E-state index in [1.54, 1.807) is 38.0 Å². The Hall–Kier alpha value is -3.26. The van der Waals surface area contributed by atoms with E-state index in [1.165, 1.54) is 0 Å². The summed E-state index contributed by atoms with van der Waals surface area (Å²) in [5.74, 6) is 3.47. The molecule has 0 aliphatic heterocycles. The van der Waals surface area contributed by atoms with Crippen molar-refractivity contribution in [1.82, 2.24) is 0 Å². The van der Waals surface area contributed by atoms with Crippen LogP contribution < -0.4 is 21.2 Å². The molecule has 0 aliphatic rings. The van der Waals surface area contributed by atoms with Crippen LogP contribution >= 0.6 is 14.3 Å². The minimum Gasteiger partial charge on any atom is -0.374 e. The monoisotopic (exact) mass is 542 g/mol. The lowest BCUT2D eigenvalue weighted by Crippen LogP contribution is -2.27. The summed E-state index contributed by atoms with van der Waals surface area (Å²) in [7, 11) is -3.00. The van der Waals surface area contributed by atoms with Crippen molar-refractivity contribution in [3.8, 4) is 0 Å². The van der Waals surface area contributed by atoms with Gasteiger partial charge < -0.3 is 18.6 Å². The Balaban J connectivity index is 1.69. The van der Waals surface area contributed by atoms with E-state index < -0.39 is 26.5 Å². The maximum atomic E-state index is 14.4. The van der Waals surface area contributed by atoms with Gasteiger partial charge in [0.15, 0.2) is 14.3 Å². The van der Waals surface area contributed by atoms with Crippen LogP contribution in [0.1, 0.15) is 0 Å². The van der Waals surface area contributed by atoms with Gasteiger partial charge in [0.2, 0.25) is 0 Å². The van der Waals surface area contributed by atoms with E-state index in [9.17, 15) is 9.13 Å². The van der Waals surface area contributed by atoms with Gasteiger partial charge in [-0.15, -0.1) is 0 Å². The van der Waals surface area contributed by atoms with Gasteiger partial charge in [-0.1, -0.05) is 121 Å². The molecule has 0 aromatic heterocycles. The number of hydrogen-bond donors (Lipinski definition) is 0. The Morgan fingerprint density at radius 3 is 0.921 bits per heavy atom. The highest BCUT2D eigenvalue weighted by Gasteiger charge is 2.27. The van der Waals surface area contributed by atoms with Gasteiger partial charge in [-0.2, -0.15) is 0 Å². The zero-order valence-electron chi connectivity index (χ0n) is 21.5. The van der Waals surface area contributed by atoms with Gasteiger partial charge in [-0.05, 0) is 23.8 Å². The normalized spacial score (nSPS) is 14.1. The summed E-state index contributed by atoms with van der Waals surface area (Å²) in [5, 5.41) is 2.94. The van der Waals surface area contributed by atoms with Gasteiger partial charge in [0.1, 0.15) is 12.2 Å². The lowest BCUT2D eigenvalue weighted by atomic mass is 10.2. The Morgan fingerprint density at radius 2 is 0.711 bits per heavy atom.